The lowest BCUT2D eigenvalue weighted by Crippen LogP contribution is -2.22. The summed E-state index contributed by atoms with van der Waals surface area (Å²) in [5, 5.41) is 9.45. The second kappa shape index (κ2) is 6.20. The summed E-state index contributed by atoms with van der Waals surface area (Å²) in [5.41, 5.74) is 2.78. The Kier molecular flexibility index (Phi) is 4.59. The zero-order chi connectivity index (χ0) is 13.8. The van der Waals surface area contributed by atoms with Crippen molar-refractivity contribution in [2.45, 2.75) is 40.2 Å². The molecule has 19 heavy (non-hydrogen) atoms. The van der Waals surface area contributed by atoms with Crippen molar-refractivity contribution in [2.75, 3.05) is 6.61 Å². The molecule has 1 aromatic heterocycles. The van der Waals surface area contributed by atoms with Gasteiger partial charge in [-0.1, -0.05) is 19.1 Å². The zero-order valence-corrected chi connectivity index (χ0v) is 12.0. The second-order valence-corrected chi connectivity index (χ2v) is 5.51. The fourth-order valence-electron chi connectivity index (χ4n) is 2.57. The molecule has 3 heteroatoms. The highest BCUT2D eigenvalue weighted by Gasteiger charge is 2.20. The third-order valence-electron chi connectivity index (χ3n) is 3.95. The standard InChI is InChI=1S/C16H23NO2/c1-11-6-4-5-7-14(11)10-19-16-15(9-18)12(2)8-13(3)17-16/h4-5,8,11,14,18H,6-7,9-10H2,1-3H3. The lowest BCUT2D eigenvalue weighted by Gasteiger charge is -2.25. The molecule has 0 bridgehead atoms. The first-order chi connectivity index (χ1) is 9.11. The number of aliphatic hydroxyl groups excluding tert-OH is 1. The average molecular weight is 261 g/mol. The number of allylic oxidation sites excluding steroid dienone is 2. The van der Waals surface area contributed by atoms with E-state index in [1.165, 1.54) is 0 Å². The highest BCUT2D eigenvalue weighted by atomic mass is 16.5. The molecule has 104 valence electrons. The highest BCUT2D eigenvalue weighted by Crippen LogP contribution is 2.27. The maximum Gasteiger partial charge on any atom is 0.219 e. The molecular weight excluding hydrogens is 238 g/mol. The van der Waals surface area contributed by atoms with Crippen molar-refractivity contribution in [1.29, 1.82) is 0 Å². The van der Waals surface area contributed by atoms with Crippen molar-refractivity contribution in [2.24, 2.45) is 11.8 Å². The summed E-state index contributed by atoms with van der Waals surface area (Å²) < 4.78 is 5.89. The Balaban J connectivity index is 2.08. The Morgan fingerprint density at radius 2 is 2.05 bits per heavy atom. The van der Waals surface area contributed by atoms with Crippen LogP contribution in [0, 0.1) is 25.7 Å². The monoisotopic (exact) mass is 261 g/mol. The van der Waals surface area contributed by atoms with Crippen LogP contribution in [0.3, 0.4) is 0 Å². The SMILES string of the molecule is Cc1cc(C)c(CO)c(OCC2CC=CCC2C)n1. The molecule has 1 N–H and O–H groups in total. The van der Waals surface area contributed by atoms with E-state index in [0.717, 1.165) is 29.7 Å². The molecule has 0 aromatic carbocycles. The summed E-state index contributed by atoms with van der Waals surface area (Å²) in [5.74, 6) is 1.79. The van der Waals surface area contributed by atoms with Gasteiger partial charge in [0.2, 0.25) is 5.88 Å². The van der Waals surface area contributed by atoms with Crippen LogP contribution in [0.1, 0.15) is 36.6 Å². The number of pyridine rings is 1. The molecule has 2 atom stereocenters. The molecule has 0 amide bonds. The van der Waals surface area contributed by atoms with E-state index in [1.54, 1.807) is 0 Å². The molecule has 0 fully saturated rings. The van der Waals surface area contributed by atoms with E-state index in [-0.39, 0.29) is 6.61 Å². The Labute approximate surface area is 115 Å². The van der Waals surface area contributed by atoms with Crippen LogP contribution in [-0.4, -0.2) is 16.7 Å². The Morgan fingerprint density at radius 1 is 1.32 bits per heavy atom. The quantitative estimate of drug-likeness (QED) is 0.846. The molecule has 0 saturated heterocycles. The van der Waals surface area contributed by atoms with E-state index in [4.69, 9.17) is 4.74 Å². The first-order valence-corrected chi connectivity index (χ1v) is 6.97. The van der Waals surface area contributed by atoms with Gasteiger partial charge in [0.15, 0.2) is 0 Å². The number of ether oxygens (including phenoxy) is 1. The highest BCUT2D eigenvalue weighted by molar-refractivity contribution is 5.35. The molecule has 1 heterocycles. The summed E-state index contributed by atoms with van der Waals surface area (Å²) in [6.07, 6.45) is 6.67. The van der Waals surface area contributed by atoms with Gasteiger partial charge in [-0.05, 0) is 50.2 Å². The predicted molar refractivity (Wildman–Crippen MR) is 76.2 cm³/mol. The minimum absolute atomic E-state index is 0.0193. The van der Waals surface area contributed by atoms with E-state index in [9.17, 15) is 5.11 Å². The second-order valence-electron chi connectivity index (χ2n) is 5.51. The van der Waals surface area contributed by atoms with Crippen molar-refractivity contribution in [3.05, 3.63) is 35.0 Å². The molecule has 0 saturated carbocycles. The van der Waals surface area contributed by atoms with E-state index in [1.807, 2.05) is 19.9 Å². The molecule has 2 rings (SSSR count). The zero-order valence-electron chi connectivity index (χ0n) is 12.0. The summed E-state index contributed by atoms with van der Waals surface area (Å²) in [6, 6.07) is 1.98. The smallest absolute Gasteiger partial charge is 0.219 e. The van der Waals surface area contributed by atoms with E-state index in [0.29, 0.717) is 24.3 Å². The molecular formula is C16H23NO2. The maximum absolute atomic E-state index is 9.45. The Morgan fingerprint density at radius 3 is 2.74 bits per heavy atom. The third-order valence-corrected chi connectivity index (χ3v) is 3.95. The Bertz CT molecular complexity index is 468. The van der Waals surface area contributed by atoms with Gasteiger partial charge in [-0.15, -0.1) is 0 Å². The number of aliphatic hydroxyl groups is 1. The van der Waals surface area contributed by atoms with Gasteiger partial charge in [0.05, 0.1) is 13.2 Å². The van der Waals surface area contributed by atoms with E-state index < -0.39 is 0 Å². The molecule has 1 aliphatic carbocycles. The molecule has 2 unspecified atom stereocenters. The van der Waals surface area contributed by atoms with Gasteiger partial charge in [0.1, 0.15) is 0 Å². The predicted octanol–water partition coefficient (Wildman–Crippen LogP) is 3.17. The van der Waals surface area contributed by atoms with Gasteiger partial charge in [0.25, 0.3) is 0 Å². The fraction of sp³-hybridized carbons (Fsp3) is 0.562. The number of hydrogen-bond acceptors (Lipinski definition) is 3. The first kappa shape index (κ1) is 14.1. The van der Waals surface area contributed by atoms with Crippen molar-refractivity contribution in [3.8, 4) is 5.88 Å². The van der Waals surface area contributed by atoms with E-state index >= 15 is 0 Å². The molecule has 0 spiro atoms. The number of nitrogens with zero attached hydrogens (tertiary/aromatic N) is 1. The van der Waals surface area contributed by atoms with Crippen LogP contribution in [0.5, 0.6) is 5.88 Å². The largest absolute Gasteiger partial charge is 0.477 e. The summed E-state index contributed by atoms with van der Waals surface area (Å²) in [6.45, 7) is 6.86. The number of hydrogen-bond donors (Lipinski definition) is 1. The average Bonchev–Trinajstić information content (AvgIpc) is 2.37. The van der Waals surface area contributed by atoms with Gasteiger partial charge >= 0.3 is 0 Å². The Hall–Kier alpha value is -1.35. The maximum atomic E-state index is 9.45. The molecule has 1 aromatic rings. The van der Waals surface area contributed by atoms with Crippen LogP contribution < -0.4 is 4.74 Å². The van der Waals surface area contributed by atoms with Crippen molar-refractivity contribution in [1.82, 2.24) is 4.98 Å². The molecule has 0 radical (unpaired) electrons. The number of aryl methyl sites for hydroxylation is 2. The lowest BCUT2D eigenvalue weighted by atomic mass is 9.85. The van der Waals surface area contributed by atoms with Gasteiger partial charge < -0.3 is 9.84 Å². The van der Waals surface area contributed by atoms with Crippen molar-refractivity contribution >= 4 is 0 Å². The summed E-state index contributed by atoms with van der Waals surface area (Å²) >= 11 is 0. The molecule has 0 aliphatic heterocycles. The minimum Gasteiger partial charge on any atom is -0.477 e. The van der Waals surface area contributed by atoms with Crippen molar-refractivity contribution < 1.29 is 9.84 Å². The van der Waals surface area contributed by atoms with Crippen LogP contribution in [0.15, 0.2) is 18.2 Å². The number of aromatic nitrogens is 1. The first-order valence-electron chi connectivity index (χ1n) is 6.97. The molecule has 3 nitrogen and oxygen atoms in total. The number of rotatable bonds is 4. The topological polar surface area (TPSA) is 42.4 Å². The van der Waals surface area contributed by atoms with Crippen LogP contribution in [-0.2, 0) is 6.61 Å². The van der Waals surface area contributed by atoms with Crippen LogP contribution in [0.2, 0.25) is 0 Å². The minimum atomic E-state index is -0.0193. The van der Waals surface area contributed by atoms with Crippen LogP contribution in [0.4, 0.5) is 0 Å². The lowest BCUT2D eigenvalue weighted by molar-refractivity contribution is 0.185. The van der Waals surface area contributed by atoms with Crippen LogP contribution in [0.25, 0.3) is 0 Å². The normalized spacial score (nSPS) is 22.5. The van der Waals surface area contributed by atoms with E-state index in [2.05, 4.69) is 24.1 Å². The summed E-state index contributed by atoms with van der Waals surface area (Å²) in [4.78, 5) is 4.41. The van der Waals surface area contributed by atoms with Gasteiger partial charge in [0, 0.05) is 11.3 Å². The third kappa shape index (κ3) is 3.35. The van der Waals surface area contributed by atoms with Gasteiger partial charge in [-0.3, -0.25) is 0 Å². The van der Waals surface area contributed by atoms with Gasteiger partial charge in [-0.25, -0.2) is 4.98 Å². The van der Waals surface area contributed by atoms with Crippen LogP contribution >= 0.6 is 0 Å². The van der Waals surface area contributed by atoms with Gasteiger partial charge in [-0.2, -0.15) is 0 Å². The fourth-order valence-corrected chi connectivity index (χ4v) is 2.57. The van der Waals surface area contributed by atoms with Crippen molar-refractivity contribution in [3.63, 3.8) is 0 Å². The summed E-state index contributed by atoms with van der Waals surface area (Å²) in [7, 11) is 0. The molecule has 1 aliphatic rings.